The van der Waals surface area contributed by atoms with Crippen molar-refractivity contribution >= 4 is 63.4 Å². The number of imidazole rings is 1. The molecular formula is C23H25N10O5S2+. The number of nitrogen functional groups attached to an aromatic ring is 2. The van der Waals surface area contributed by atoms with Crippen LogP contribution in [0.3, 0.4) is 0 Å². The summed E-state index contributed by atoms with van der Waals surface area (Å²) in [6.07, 6.45) is 6.83. The van der Waals surface area contributed by atoms with Gasteiger partial charge in [0.25, 0.3) is 17.6 Å². The maximum atomic E-state index is 13.3. The lowest BCUT2D eigenvalue weighted by Gasteiger charge is -2.49. The van der Waals surface area contributed by atoms with Crippen LogP contribution in [0.2, 0.25) is 0 Å². The molecule has 208 valence electrons. The van der Waals surface area contributed by atoms with E-state index >= 15 is 0 Å². The van der Waals surface area contributed by atoms with Crippen LogP contribution in [-0.2, 0) is 25.8 Å². The van der Waals surface area contributed by atoms with Crippen LogP contribution in [0, 0.1) is 0 Å². The van der Waals surface area contributed by atoms with Crippen LogP contribution >= 0.6 is 23.3 Å². The first-order chi connectivity index (χ1) is 19.3. The molecule has 2 unspecified atom stereocenters. The lowest BCUT2D eigenvalue weighted by molar-refractivity contribution is -0.662. The predicted molar refractivity (Wildman–Crippen MR) is 144 cm³/mol. The predicted octanol–water partition coefficient (Wildman–Crippen LogP) is -0.260. The van der Waals surface area contributed by atoms with Crippen molar-refractivity contribution in [2.45, 2.75) is 49.7 Å². The van der Waals surface area contributed by atoms with Gasteiger partial charge < -0.3 is 26.7 Å². The SMILES string of the molecule is Nc1nc(/C(=N/OC2CCCC2)C(=O)NC2C(=O)N3C(C(=O)O)=C(C[n+]4cc(N)n5ncccc54)CSC23)ns1. The Labute approximate surface area is 235 Å². The number of carboxylic acids is 1. The van der Waals surface area contributed by atoms with E-state index in [4.69, 9.17) is 16.3 Å². The van der Waals surface area contributed by atoms with Gasteiger partial charge in [0.1, 0.15) is 29.8 Å². The quantitative estimate of drug-likeness (QED) is 0.117. The maximum Gasteiger partial charge on any atom is 0.352 e. The van der Waals surface area contributed by atoms with Crippen LogP contribution < -0.4 is 21.4 Å². The summed E-state index contributed by atoms with van der Waals surface area (Å²) in [5.74, 6) is -1.78. The number of oxime groups is 1. The smallest absolute Gasteiger partial charge is 0.352 e. The lowest BCUT2D eigenvalue weighted by Crippen LogP contribution is -2.71. The Balaban J connectivity index is 1.22. The van der Waals surface area contributed by atoms with Gasteiger partial charge in [-0.3, -0.25) is 14.5 Å². The number of carboxylic acid groups (broad SMARTS) is 1. The number of hydrogen-bond donors (Lipinski definition) is 4. The van der Waals surface area contributed by atoms with Gasteiger partial charge in [0.05, 0.1) is 6.20 Å². The van der Waals surface area contributed by atoms with Crippen molar-refractivity contribution in [1.29, 1.82) is 0 Å². The fourth-order valence-electron chi connectivity index (χ4n) is 5.04. The monoisotopic (exact) mass is 585 g/mol. The first-order valence-corrected chi connectivity index (χ1v) is 14.3. The first kappa shape index (κ1) is 26.0. The number of hydrogen-bond acceptors (Lipinski definition) is 12. The zero-order valence-electron chi connectivity index (χ0n) is 21.0. The fraction of sp³-hybridized carbons (Fsp3) is 0.391. The average molecular weight is 586 g/mol. The molecule has 15 nitrogen and oxygen atoms in total. The molecule has 0 spiro atoms. The third-order valence-electron chi connectivity index (χ3n) is 6.92. The summed E-state index contributed by atoms with van der Waals surface area (Å²) < 4.78 is 7.40. The van der Waals surface area contributed by atoms with Crippen LogP contribution in [0.15, 0.2) is 41.0 Å². The van der Waals surface area contributed by atoms with Gasteiger partial charge in [0, 0.05) is 28.9 Å². The van der Waals surface area contributed by atoms with Gasteiger partial charge in [0.15, 0.2) is 11.3 Å². The van der Waals surface area contributed by atoms with Crippen molar-refractivity contribution in [1.82, 2.24) is 29.2 Å². The minimum atomic E-state index is -1.23. The standard InChI is InChI=1S/C23H24N10O5S2/c24-13-9-31(14-6-3-7-26-33(13)14)8-11-10-39-21-16(20(35)32(21)17(11)22(36)37)27-19(34)15(18-28-23(25)40-30-18)29-38-12-4-1-2-5-12/h3,6-7,9,12,16,21H,1-2,4-5,8,10H2,(H5-,24,25,26,27,28,30,34,36,37)/p+1/b29-15-. The van der Waals surface area contributed by atoms with Crippen molar-refractivity contribution in [2.75, 3.05) is 17.2 Å². The minimum Gasteiger partial charge on any atom is -0.477 e. The Kier molecular flexibility index (Phi) is 6.75. The number of thioether (sulfide) groups is 1. The summed E-state index contributed by atoms with van der Waals surface area (Å²) in [7, 11) is 0. The highest BCUT2D eigenvalue weighted by molar-refractivity contribution is 8.00. The molecule has 2 atom stereocenters. The second kappa shape index (κ2) is 10.4. The van der Waals surface area contributed by atoms with E-state index in [-0.39, 0.29) is 35.0 Å². The second-order valence-corrected chi connectivity index (χ2v) is 11.4. The van der Waals surface area contributed by atoms with Gasteiger partial charge in [-0.2, -0.15) is 9.36 Å². The number of fused-ring (bicyclic) bond motifs is 2. The molecule has 0 aromatic carbocycles. The number of aromatic nitrogens is 5. The van der Waals surface area contributed by atoms with E-state index in [1.165, 1.54) is 16.7 Å². The Hall–Kier alpha value is -4.25. The number of aliphatic carboxylic acids is 1. The van der Waals surface area contributed by atoms with Crippen molar-refractivity contribution in [2.24, 2.45) is 5.16 Å². The van der Waals surface area contributed by atoms with E-state index in [0.29, 0.717) is 22.8 Å². The van der Waals surface area contributed by atoms with E-state index < -0.39 is 29.2 Å². The molecule has 17 heteroatoms. The molecule has 40 heavy (non-hydrogen) atoms. The van der Waals surface area contributed by atoms with Crippen molar-refractivity contribution < 1.29 is 28.9 Å². The van der Waals surface area contributed by atoms with E-state index in [1.807, 2.05) is 6.07 Å². The number of nitrogens with one attached hydrogen (secondary N) is 1. The summed E-state index contributed by atoms with van der Waals surface area (Å²) in [6.45, 7) is 0.195. The third-order valence-corrected chi connectivity index (χ3v) is 8.80. The highest BCUT2D eigenvalue weighted by Crippen LogP contribution is 2.40. The molecule has 6 rings (SSSR count). The number of amides is 2. The highest BCUT2D eigenvalue weighted by Gasteiger charge is 2.54. The topological polar surface area (TPSA) is 207 Å². The molecular weight excluding hydrogens is 560 g/mol. The van der Waals surface area contributed by atoms with Crippen LogP contribution in [0.5, 0.6) is 0 Å². The number of anilines is 2. The number of rotatable bonds is 8. The Morgan fingerprint density at radius 3 is 2.83 bits per heavy atom. The highest BCUT2D eigenvalue weighted by atomic mass is 32.2. The van der Waals surface area contributed by atoms with E-state index in [2.05, 4.69) is 24.9 Å². The largest absolute Gasteiger partial charge is 0.477 e. The molecule has 3 aliphatic rings. The van der Waals surface area contributed by atoms with Gasteiger partial charge in [-0.25, -0.2) is 9.36 Å². The van der Waals surface area contributed by atoms with Gasteiger partial charge in [0.2, 0.25) is 11.5 Å². The zero-order chi connectivity index (χ0) is 28.0. The van der Waals surface area contributed by atoms with Crippen LogP contribution in [0.4, 0.5) is 10.9 Å². The normalized spacial score (nSPS) is 21.4. The Morgan fingerprint density at radius 1 is 1.30 bits per heavy atom. The average Bonchev–Trinajstić information content (AvgIpc) is 3.69. The molecule has 3 aromatic rings. The molecule has 0 bridgehead atoms. The minimum absolute atomic E-state index is 0.00286. The van der Waals surface area contributed by atoms with E-state index in [9.17, 15) is 19.5 Å². The number of β-lactam (4-membered cyclic amide) rings is 1. The van der Waals surface area contributed by atoms with Gasteiger partial charge in [-0.05, 0) is 31.7 Å². The zero-order valence-corrected chi connectivity index (χ0v) is 22.6. The summed E-state index contributed by atoms with van der Waals surface area (Å²) in [4.78, 5) is 49.7. The van der Waals surface area contributed by atoms with Gasteiger partial charge in [-0.15, -0.1) is 11.8 Å². The van der Waals surface area contributed by atoms with Crippen LogP contribution in [0.25, 0.3) is 5.65 Å². The molecule has 2 fully saturated rings. The molecule has 2 aliphatic heterocycles. The van der Waals surface area contributed by atoms with Crippen molar-refractivity contribution in [3.05, 3.63) is 41.6 Å². The summed E-state index contributed by atoms with van der Waals surface area (Å²) in [5.41, 5.74) is 12.7. The fourth-order valence-corrected chi connectivity index (χ4v) is 6.81. The number of carbonyl (C=O) groups is 3. The third kappa shape index (κ3) is 4.60. The summed E-state index contributed by atoms with van der Waals surface area (Å²) in [5, 5.41) is 20.5. The summed E-state index contributed by atoms with van der Waals surface area (Å²) in [6, 6.07) is 2.59. The number of nitrogens with zero attached hydrogens (tertiary/aromatic N) is 7. The lowest BCUT2D eigenvalue weighted by atomic mass is 10.0. The van der Waals surface area contributed by atoms with Crippen LogP contribution in [-0.4, -0.2) is 75.7 Å². The molecule has 1 saturated heterocycles. The molecule has 0 radical (unpaired) electrons. The summed E-state index contributed by atoms with van der Waals surface area (Å²) >= 11 is 2.26. The number of nitrogens with two attached hydrogens (primary N) is 2. The molecule has 1 saturated carbocycles. The van der Waals surface area contributed by atoms with E-state index in [1.54, 1.807) is 27.5 Å². The van der Waals surface area contributed by atoms with Crippen molar-refractivity contribution in [3.8, 4) is 0 Å². The van der Waals surface area contributed by atoms with E-state index in [0.717, 1.165) is 37.2 Å². The molecule has 2 amide bonds. The van der Waals surface area contributed by atoms with Crippen molar-refractivity contribution in [3.63, 3.8) is 0 Å². The Morgan fingerprint density at radius 2 is 2.10 bits per heavy atom. The Bertz CT molecular complexity index is 1580. The van der Waals surface area contributed by atoms with Crippen LogP contribution in [0.1, 0.15) is 31.5 Å². The van der Waals surface area contributed by atoms with Gasteiger partial charge >= 0.3 is 11.6 Å². The van der Waals surface area contributed by atoms with Gasteiger partial charge in [-0.1, -0.05) is 14.8 Å². The molecule has 1 aliphatic carbocycles. The maximum absolute atomic E-state index is 13.3. The first-order valence-electron chi connectivity index (χ1n) is 12.5. The molecule has 3 aromatic heterocycles. The number of carbonyl (C=O) groups excluding carboxylic acids is 2. The second-order valence-electron chi connectivity index (χ2n) is 9.50. The molecule has 5 heterocycles. The molecule has 6 N–H and O–H groups in total.